The Bertz CT molecular complexity index is 1020. The maximum absolute atomic E-state index is 12.6. The van der Waals surface area contributed by atoms with Crippen molar-refractivity contribution in [2.75, 3.05) is 28.6 Å². The first-order valence-electron chi connectivity index (χ1n) is 9.25. The Morgan fingerprint density at radius 1 is 1.37 bits per heavy atom. The summed E-state index contributed by atoms with van der Waals surface area (Å²) in [5.74, 6) is 5.14. The van der Waals surface area contributed by atoms with Crippen LogP contribution in [0.15, 0.2) is 32.7 Å². The van der Waals surface area contributed by atoms with Gasteiger partial charge < -0.3 is 10.6 Å². The van der Waals surface area contributed by atoms with Crippen molar-refractivity contribution in [3.63, 3.8) is 0 Å². The first kappa shape index (κ1) is 23.6. The number of nitrogens with two attached hydrogens (primary N) is 2. The number of hydrogen-bond donors (Lipinski definition) is 5. The molecule has 6 N–H and O–H groups in total. The molecule has 1 heterocycles. The van der Waals surface area contributed by atoms with Gasteiger partial charge >= 0.3 is 5.69 Å². The van der Waals surface area contributed by atoms with Crippen LogP contribution in [0.1, 0.15) is 25.3 Å². The second kappa shape index (κ2) is 10.4. The summed E-state index contributed by atoms with van der Waals surface area (Å²) in [4.78, 5) is 40.4. The molecular formula is C18H26ClN7O3S. The van der Waals surface area contributed by atoms with Crippen LogP contribution in [0.3, 0.4) is 0 Å². The van der Waals surface area contributed by atoms with E-state index in [-0.39, 0.29) is 24.1 Å². The fraction of sp³-hybridized carbons (Fsp3) is 0.389. The van der Waals surface area contributed by atoms with Crippen LogP contribution in [-0.2, 0) is 18.3 Å². The minimum Gasteiger partial charge on any atom is -0.383 e. The number of nitrogen functional groups attached to an aromatic ring is 1. The lowest BCUT2D eigenvalue weighted by Gasteiger charge is -2.26. The zero-order valence-electron chi connectivity index (χ0n) is 16.8. The zero-order valence-corrected chi connectivity index (χ0v) is 18.5. The van der Waals surface area contributed by atoms with Gasteiger partial charge in [0.25, 0.3) is 11.5 Å². The number of aryl methyl sites for hydroxylation is 1. The van der Waals surface area contributed by atoms with Gasteiger partial charge in [-0.3, -0.25) is 24.6 Å². The molecule has 2 rings (SSSR count). The monoisotopic (exact) mass is 455 g/mol. The van der Waals surface area contributed by atoms with Gasteiger partial charge in [-0.05, 0) is 30.5 Å². The van der Waals surface area contributed by atoms with Gasteiger partial charge in [-0.2, -0.15) is 5.12 Å². The van der Waals surface area contributed by atoms with Crippen LogP contribution in [0.5, 0.6) is 0 Å². The smallest absolute Gasteiger partial charge is 0.329 e. The third-order valence-electron chi connectivity index (χ3n) is 4.52. The molecule has 0 radical (unpaired) electrons. The number of halogens is 1. The van der Waals surface area contributed by atoms with Crippen molar-refractivity contribution in [1.82, 2.24) is 14.7 Å². The number of nitrogens with one attached hydrogen (secondary N) is 2. The van der Waals surface area contributed by atoms with Crippen molar-refractivity contribution in [2.24, 2.45) is 12.9 Å². The molecule has 0 saturated heterocycles. The number of carbonyl (C=O) groups is 1. The number of anilines is 3. The Morgan fingerprint density at radius 3 is 2.67 bits per heavy atom. The Kier molecular flexibility index (Phi) is 8.21. The largest absolute Gasteiger partial charge is 0.383 e. The standard InChI is InChI=1S/C18H26ClN7O3S/c1-3-4-5-11-6-7-12(13(30)8-11)23-26(21)14(27)9-25(10-19)15-16(20)24(2)18(29)22-17(15)28/h6-8,23,30H,3-5,9-10,20-21H2,1-2H3,(H,22,28,29). The van der Waals surface area contributed by atoms with Gasteiger partial charge in [0, 0.05) is 11.9 Å². The molecule has 0 saturated carbocycles. The summed E-state index contributed by atoms with van der Waals surface area (Å²) >= 11 is 10.4. The van der Waals surface area contributed by atoms with E-state index in [0.717, 1.165) is 34.5 Å². The van der Waals surface area contributed by atoms with Crippen molar-refractivity contribution in [3.8, 4) is 0 Å². The van der Waals surface area contributed by atoms with Crippen molar-refractivity contribution in [1.29, 1.82) is 0 Å². The third-order valence-corrected chi connectivity index (χ3v) is 5.18. The van der Waals surface area contributed by atoms with Gasteiger partial charge in [0.15, 0.2) is 0 Å². The third kappa shape index (κ3) is 5.49. The Hall–Kier alpha value is -2.63. The number of thiol groups is 1. The number of hydrogen-bond acceptors (Lipinski definition) is 8. The summed E-state index contributed by atoms with van der Waals surface area (Å²) in [7, 11) is 1.39. The Balaban J connectivity index is 2.14. The van der Waals surface area contributed by atoms with E-state index < -0.39 is 17.2 Å². The number of aromatic amines is 1. The van der Waals surface area contributed by atoms with Crippen LogP contribution in [0.25, 0.3) is 0 Å². The average Bonchev–Trinajstić information content (AvgIpc) is 2.71. The van der Waals surface area contributed by atoms with Crippen LogP contribution in [0.4, 0.5) is 17.2 Å². The number of hydrazine groups is 2. The first-order chi connectivity index (χ1) is 14.2. The minimum absolute atomic E-state index is 0.0935. The Morgan fingerprint density at radius 2 is 2.07 bits per heavy atom. The number of aromatic nitrogens is 2. The molecule has 30 heavy (non-hydrogen) atoms. The lowest BCUT2D eigenvalue weighted by molar-refractivity contribution is -0.128. The predicted octanol–water partition coefficient (Wildman–Crippen LogP) is 1.02. The van der Waals surface area contributed by atoms with E-state index in [2.05, 4.69) is 30.0 Å². The number of benzene rings is 1. The van der Waals surface area contributed by atoms with Crippen LogP contribution in [-0.4, -0.2) is 33.1 Å². The van der Waals surface area contributed by atoms with E-state index in [4.69, 9.17) is 23.2 Å². The molecule has 0 aliphatic rings. The molecule has 0 atom stereocenters. The summed E-state index contributed by atoms with van der Waals surface area (Å²) in [6.07, 6.45) is 3.10. The van der Waals surface area contributed by atoms with Gasteiger partial charge in [0.1, 0.15) is 18.1 Å². The normalized spacial score (nSPS) is 10.7. The van der Waals surface area contributed by atoms with Gasteiger partial charge in [0.2, 0.25) is 0 Å². The number of nitrogens with zero attached hydrogens (tertiary/aromatic N) is 3. The van der Waals surface area contributed by atoms with Gasteiger partial charge in [-0.25, -0.2) is 10.6 Å². The molecule has 164 valence electrons. The highest BCUT2D eigenvalue weighted by Crippen LogP contribution is 2.23. The first-order valence-corrected chi connectivity index (χ1v) is 10.2. The maximum atomic E-state index is 12.6. The number of rotatable bonds is 9. The summed E-state index contributed by atoms with van der Waals surface area (Å²) in [5.41, 5.74) is 8.80. The van der Waals surface area contributed by atoms with E-state index in [0.29, 0.717) is 10.6 Å². The van der Waals surface area contributed by atoms with E-state index in [1.54, 1.807) is 6.07 Å². The van der Waals surface area contributed by atoms with Crippen molar-refractivity contribution >= 4 is 47.3 Å². The molecule has 1 aromatic carbocycles. The second-order valence-corrected chi connectivity index (χ2v) is 7.42. The second-order valence-electron chi connectivity index (χ2n) is 6.70. The summed E-state index contributed by atoms with van der Waals surface area (Å²) in [6, 6.07) is 5.41. The number of H-pyrrole nitrogens is 1. The summed E-state index contributed by atoms with van der Waals surface area (Å²) in [5, 5.41) is 0.784. The lowest BCUT2D eigenvalue weighted by atomic mass is 10.1. The quantitative estimate of drug-likeness (QED) is 0.0948. The van der Waals surface area contributed by atoms with Crippen LogP contribution in [0.2, 0.25) is 0 Å². The van der Waals surface area contributed by atoms with Gasteiger partial charge in [-0.15, -0.1) is 24.2 Å². The molecular weight excluding hydrogens is 430 g/mol. The molecule has 1 amide bonds. The van der Waals surface area contributed by atoms with E-state index >= 15 is 0 Å². The van der Waals surface area contributed by atoms with Gasteiger partial charge in [0.05, 0.1) is 11.7 Å². The lowest BCUT2D eigenvalue weighted by Crippen LogP contribution is -2.48. The molecule has 10 nitrogen and oxygen atoms in total. The number of amides is 1. The zero-order chi connectivity index (χ0) is 22.4. The molecule has 0 spiro atoms. The topological polar surface area (TPSA) is 142 Å². The molecule has 0 aliphatic heterocycles. The van der Waals surface area contributed by atoms with E-state index in [1.807, 2.05) is 12.1 Å². The molecule has 1 aromatic heterocycles. The van der Waals surface area contributed by atoms with E-state index in [1.165, 1.54) is 11.9 Å². The van der Waals surface area contributed by atoms with E-state index in [9.17, 15) is 14.4 Å². The molecule has 0 bridgehead atoms. The minimum atomic E-state index is -0.749. The molecule has 0 fully saturated rings. The average molecular weight is 456 g/mol. The van der Waals surface area contributed by atoms with Crippen LogP contribution in [0, 0.1) is 0 Å². The van der Waals surface area contributed by atoms with Gasteiger partial charge in [-0.1, -0.05) is 19.4 Å². The highest BCUT2D eigenvalue weighted by Gasteiger charge is 2.22. The number of carbonyl (C=O) groups excluding carboxylic acids is 1. The highest BCUT2D eigenvalue weighted by molar-refractivity contribution is 7.80. The predicted molar refractivity (Wildman–Crippen MR) is 122 cm³/mol. The molecule has 12 heteroatoms. The van der Waals surface area contributed by atoms with Crippen LogP contribution < -0.4 is 33.2 Å². The fourth-order valence-corrected chi connectivity index (χ4v) is 3.25. The van der Waals surface area contributed by atoms with Crippen molar-refractivity contribution < 1.29 is 4.79 Å². The fourth-order valence-electron chi connectivity index (χ4n) is 2.75. The number of alkyl halides is 1. The molecule has 0 aliphatic carbocycles. The Labute approximate surface area is 184 Å². The van der Waals surface area contributed by atoms with Crippen LogP contribution >= 0.6 is 24.2 Å². The number of unbranched alkanes of at least 4 members (excludes halogenated alkanes) is 1. The molecule has 2 aromatic rings. The summed E-state index contributed by atoms with van der Waals surface area (Å²) in [6.45, 7) is 1.77. The molecule has 0 unspecified atom stereocenters. The maximum Gasteiger partial charge on any atom is 0.329 e. The van der Waals surface area contributed by atoms with Crippen molar-refractivity contribution in [2.45, 2.75) is 31.1 Å². The van der Waals surface area contributed by atoms with Crippen molar-refractivity contribution in [3.05, 3.63) is 44.6 Å². The summed E-state index contributed by atoms with van der Waals surface area (Å²) < 4.78 is 1.05. The highest BCUT2D eigenvalue weighted by atomic mass is 35.5. The SMILES string of the molecule is CCCCc1ccc(NN(N)C(=O)CN(CCl)c2c(N)n(C)c(=O)[nH]c2=O)c(S)c1.